The van der Waals surface area contributed by atoms with Gasteiger partial charge in [-0.05, 0) is 37.5 Å². The molecule has 0 aliphatic heterocycles. The maximum atomic E-state index is 12.2. The monoisotopic (exact) mass is 250 g/mol. The molecule has 0 heterocycles. The molecule has 0 spiro atoms. The Kier molecular flexibility index (Phi) is 3.91. The van der Waals surface area contributed by atoms with E-state index >= 15 is 0 Å². The minimum Gasteiger partial charge on any atom is -0.385 e. The summed E-state index contributed by atoms with van der Waals surface area (Å²) in [5.41, 5.74) is -0.488. The van der Waals surface area contributed by atoms with Crippen molar-refractivity contribution in [2.45, 2.75) is 44.9 Å². The minimum absolute atomic E-state index is 0.0498. The molecule has 0 aromatic rings. The van der Waals surface area contributed by atoms with Crippen molar-refractivity contribution in [2.24, 2.45) is 10.8 Å². The molecule has 4 nitrogen and oxygen atoms in total. The molecule has 2 fully saturated rings. The Morgan fingerprint density at radius 1 is 1.33 bits per heavy atom. The van der Waals surface area contributed by atoms with Crippen LogP contribution in [0.4, 0.5) is 0 Å². The number of nitriles is 1. The molecule has 2 aliphatic carbocycles. The Bertz CT molecular complexity index is 349. The number of rotatable bonds is 6. The van der Waals surface area contributed by atoms with Gasteiger partial charge in [-0.3, -0.25) is 4.79 Å². The second kappa shape index (κ2) is 5.27. The van der Waals surface area contributed by atoms with Gasteiger partial charge in [-0.25, -0.2) is 0 Å². The molecule has 0 aromatic carbocycles. The second-order valence-electron chi connectivity index (χ2n) is 5.83. The summed E-state index contributed by atoms with van der Waals surface area (Å²) in [4.78, 5) is 12.2. The number of hydrogen-bond acceptors (Lipinski definition) is 3. The molecule has 100 valence electrons. The van der Waals surface area contributed by atoms with Crippen LogP contribution >= 0.6 is 0 Å². The van der Waals surface area contributed by atoms with E-state index in [1.54, 1.807) is 7.11 Å². The van der Waals surface area contributed by atoms with Gasteiger partial charge in [0.2, 0.25) is 5.91 Å². The Morgan fingerprint density at radius 2 is 2.00 bits per heavy atom. The zero-order valence-electron chi connectivity index (χ0n) is 11.1. The van der Waals surface area contributed by atoms with E-state index in [0.29, 0.717) is 6.54 Å². The number of ether oxygens (including phenoxy) is 1. The van der Waals surface area contributed by atoms with Crippen LogP contribution in [0, 0.1) is 22.2 Å². The van der Waals surface area contributed by atoms with Gasteiger partial charge >= 0.3 is 0 Å². The number of nitrogens with zero attached hydrogens (tertiary/aromatic N) is 1. The predicted molar refractivity (Wildman–Crippen MR) is 67.7 cm³/mol. The van der Waals surface area contributed by atoms with Gasteiger partial charge in [-0.2, -0.15) is 5.26 Å². The highest BCUT2D eigenvalue weighted by Crippen LogP contribution is 2.48. The molecule has 1 N–H and O–H groups in total. The molecule has 0 aromatic heterocycles. The van der Waals surface area contributed by atoms with E-state index in [2.05, 4.69) is 11.4 Å². The van der Waals surface area contributed by atoms with Crippen LogP contribution in [0.1, 0.15) is 44.9 Å². The third-order valence-electron chi connectivity index (χ3n) is 4.52. The molecule has 0 bridgehead atoms. The first-order valence-electron chi connectivity index (χ1n) is 6.85. The maximum Gasteiger partial charge on any atom is 0.240 e. The Balaban J connectivity index is 1.83. The van der Waals surface area contributed by atoms with E-state index in [4.69, 9.17) is 4.74 Å². The van der Waals surface area contributed by atoms with Crippen LogP contribution in [-0.2, 0) is 9.53 Å². The molecule has 2 saturated carbocycles. The summed E-state index contributed by atoms with van der Waals surface area (Å²) in [6.07, 6.45) is 6.77. The van der Waals surface area contributed by atoms with Crippen LogP contribution < -0.4 is 5.32 Å². The molecule has 0 saturated heterocycles. The minimum atomic E-state index is -0.739. The molecular formula is C14H22N2O2. The van der Waals surface area contributed by atoms with Crippen LogP contribution in [0.25, 0.3) is 0 Å². The van der Waals surface area contributed by atoms with E-state index in [1.165, 1.54) is 0 Å². The first-order valence-corrected chi connectivity index (χ1v) is 6.85. The fourth-order valence-electron chi connectivity index (χ4n) is 2.82. The van der Waals surface area contributed by atoms with Crippen LogP contribution in [0.2, 0.25) is 0 Å². The van der Waals surface area contributed by atoms with E-state index in [-0.39, 0.29) is 11.3 Å². The van der Waals surface area contributed by atoms with Crippen LogP contribution in [0.5, 0.6) is 0 Å². The highest BCUT2D eigenvalue weighted by Gasteiger charge is 2.45. The van der Waals surface area contributed by atoms with Crippen LogP contribution in [0.15, 0.2) is 0 Å². The Hall–Kier alpha value is -1.08. The van der Waals surface area contributed by atoms with Crippen molar-refractivity contribution in [3.63, 3.8) is 0 Å². The van der Waals surface area contributed by atoms with Gasteiger partial charge < -0.3 is 10.1 Å². The van der Waals surface area contributed by atoms with Gasteiger partial charge in [0.25, 0.3) is 0 Å². The normalized spacial score (nSPS) is 23.3. The zero-order chi connectivity index (χ0) is 13.1. The number of nitrogens with one attached hydrogen (secondary N) is 1. The Morgan fingerprint density at radius 3 is 2.50 bits per heavy atom. The fraction of sp³-hybridized carbons (Fsp3) is 0.857. The third kappa shape index (κ3) is 2.67. The molecule has 0 radical (unpaired) electrons. The molecule has 0 unspecified atom stereocenters. The van der Waals surface area contributed by atoms with Gasteiger partial charge in [0.1, 0.15) is 5.41 Å². The lowest BCUT2D eigenvalue weighted by atomic mass is 9.86. The van der Waals surface area contributed by atoms with Gasteiger partial charge in [-0.15, -0.1) is 0 Å². The number of carbonyl (C=O) groups excluding carboxylic acids is 1. The van der Waals surface area contributed by atoms with Crippen molar-refractivity contribution in [3.8, 4) is 6.07 Å². The van der Waals surface area contributed by atoms with Gasteiger partial charge in [0.05, 0.1) is 6.07 Å². The first kappa shape index (κ1) is 13.4. The van der Waals surface area contributed by atoms with E-state index in [0.717, 1.165) is 51.6 Å². The largest absolute Gasteiger partial charge is 0.385 e. The van der Waals surface area contributed by atoms with E-state index < -0.39 is 5.41 Å². The van der Waals surface area contributed by atoms with Crippen molar-refractivity contribution < 1.29 is 9.53 Å². The van der Waals surface area contributed by atoms with E-state index in [9.17, 15) is 10.1 Å². The summed E-state index contributed by atoms with van der Waals surface area (Å²) in [7, 11) is 1.71. The second-order valence-corrected chi connectivity index (χ2v) is 5.83. The predicted octanol–water partition coefficient (Wildman–Crippen LogP) is 2.00. The summed E-state index contributed by atoms with van der Waals surface area (Å²) in [6.45, 7) is 1.46. The van der Waals surface area contributed by atoms with Gasteiger partial charge in [-0.1, -0.05) is 12.8 Å². The van der Waals surface area contributed by atoms with Crippen LogP contribution in [0.3, 0.4) is 0 Å². The molecule has 0 atom stereocenters. The first-order chi connectivity index (χ1) is 8.66. The number of amides is 1. The summed E-state index contributed by atoms with van der Waals surface area (Å²) < 4.78 is 5.10. The van der Waals surface area contributed by atoms with Gasteiger partial charge in [0, 0.05) is 20.3 Å². The zero-order valence-corrected chi connectivity index (χ0v) is 11.1. The lowest BCUT2D eigenvalue weighted by molar-refractivity contribution is -0.128. The highest BCUT2D eigenvalue weighted by atomic mass is 16.5. The Labute approximate surface area is 109 Å². The van der Waals surface area contributed by atoms with Crippen molar-refractivity contribution in [2.75, 3.05) is 20.3 Å². The molecule has 2 aliphatic rings. The van der Waals surface area contributed by atoms with Crippen molar-refractivity contribution in [1.29, 1.82) is 5.26 Å². The van der Waals surface area contributed by atoms with Crippen molar-refractivity contribution in [3.05, 3.63) is 0 Å². The molecule has 1 amide bonds. The van der Waals surface area contributed by atoms with Crippen molar-refractivity contribution >= 4 is 5.91 Å². The summed E-state index contributed by atoms with van der Waals surface area (Å²) in [5, 5.41) is 12.3. The quantitative estimate of drug-likeness (QED) is 0.784. The fourth-order valence-corrected chi connectivity index (χ4v) is 2.82. The highest BCUT2D eigenvalue weighted by molar-refractivity contribution is 5.85. The molecule has 18 heavy (non-hydrogen) atoms. The average molecular weight is 250 g/mol. The van der Waals surface area contributed by atoms with Crippen molar-refractivity contribution in [1.82, 2.24) is 5.32 Å². The molecule has 2 rings (SSSR count). The topological polar surface area (TPSA) is 62.1 Å². The lowest BCUT2D eigenvalue weighted by Crippen LogP contribution is -2.41. The standard InChI is InChI=1S/C14H22N2O2/c1-18-9-8-13(6-7-13)11-16-12(17)14(10-15)4-2-3-5-14/h2-9,11H2,1H3,(H,16,17). The van der Waals surface area contributed by atoms with Crippen LogP contribution in [-0.4, -0.2) is 26.2 Å². The lowest BCUT2D eigenvalue weighted by Gasteiger charge is -2.22. The summed E-state index contributed by atoms with van der Waals surface area (Å²) >= 11 is 0. The molecular weight excluding hydrogens is 228 g/mol. The molecule has 4 heteroatoms. The summed E-state index contributed by atoms with van der Waals surface area (Å²) in [5.74, 6) is -0.0498. The average Bonchev–Trinajstić information content (AvgIpc) is 2.99. The van der Waals surface area contributed by atoms with Gasteiger partial charge in [0.15, 0.2) is 0 Å². The third-order valence-corrected chi connectivity index (χ3v) is 4.52. The number of carbonyl (C=O) groups is 1. The SMILES string of the molecule is COCCC1(CNC(=O)C2(C#N)CCCC2)CC1. The smallest absolute Gasteiger partial charge is 0.240 e. The summed E-state index contributed by atoms with van der Waals surface area (Å²) in [6, 6.07) is 2.24. The number of methoxy groups -OCH3 is 1. The number of hydrogen-bond donors (Lipinski definition) is 1. The van der Waals surface area contributed by atoms with E-state index in [1.807, 2.05) is 0 Å². The maximum absolute atomic E-state index is 12.2.